The first-order valence-corrected chi connectivity index (χ1v) is 13.2. The van der Waals surface area contributed by atoms with Crippen molar-refractivity contribution in [2.45, 2.75) is 69.8 Å². The number of halogens is 1. The molecule has 1 atom stereocenters. The molecule has 2 aromatic carbocycles. The summed E-state index contributed by atoms with van der Waals surface area (Å²) in [5, 5.41) is 3.19. The maximum absolute atomic E-state index is 14.0. The molecule has 7 heteroatoms. The number of benzene rings is 2. The highest BCUT2D eigenvalue weighted by atomic mass is 32.2. The Hall–Kier alpha value is -2.54. The lowest BCUT2D eigenvalue weighted by molar-refractivity contribution is -0.139. The maximum Gasteiger partial charge on any atom is 0.243 e. The van der Waals surface area contributed by atoms with Crippen molar-refractivity contribution < 1.29 is 18.7 Å². The predicted molar refractivity (Wildman–Crippen MR) is 135 cm³/mol. The smallest absolute Gasteiger partial charge is 0.243 e. The summed E-state index contributed by atoms with van der Waals surface area (Å²) in [5.41, 5.74) is 1.47. The van der Waals surface area contributed by atoms with Gasteiger partial charge in [0, 0.05) is 18.3 Å². The van der Waals surface area contributed by atoms with Crippen LogP contribution in [0.1, 0.15) is 56.6 Å². The number of thioether (sulfide) groups is 1. The summed E-state index contributed by atoms with van der Waals surface area (Å²) < 4.78 is 19.3. The van der Waals surface area contributed by atoms with E-state index >= 15 is 0 Å². The monoisotopic (exact) mass is 486 g/mol. The van der Waals surface area contributed by atoms with Crippen LogP contribution < -0.4 is 10.1 Å². The van der Waals surface area contributed by atoms with Crippen molar-refractivity contribution in [3.63, 3.8) is 0 Å². The summed E-state index contributed by atoms with van der Waals surface area (Å²) in [6.07, 6.45) is 5.96. The molecule has 1 aliphatic rings. The maximum atomic E-state index is 14.0. The molecule has 0 radical (unpaired) electrons. The molecule has 1 aliphatic carbocycles. The molecule has 0 saturated heterocycles. The van der Waals surface area contributed by atoms with Crippen LogP contribution >= 0.6 is 11.8 Å². The molecule has 5 nitrogen and oxygen atoms in total. The zero-order valence-electron chi connectivity index (χ0n) is 20.1. The highest BCUT2D eigenvalue weighted by Crippen LogP contribution is 2.22. The summed E-state index contributed by atoms with van der Waals surface area (Å²) >= 11 is 1.36. The molecule has 0 spiro atoms. The second-order valence-electron chi connectivity index (χ2n) is 8.72. The minimum absolute atomic E-state index is 0.0928. The van der Waals surface area contributed by atoms with Gasteiger partial charge < -0.3 is 15.0 Å². The molecule has 1 N–H and O–H groups in total. The van der Waals surface area contributed by atoms with Crippen LogP contribution in [0.15, 0.2) is 48.5 Å². The minimum Gasteiger partial charge on any atom is -0.497 e. The van der Waals surface area contributed by atoms with Gasteiger partial charge in [0.05, 0.1) is 12.9 Å². The van der Waals surface area contributed by atoms with Crippen molar-refractivity contribution >= 4 is 23.6 Å². The second-order valence-corrected chi connectivity index (χ2v) is 9.71. The molecular formula is C27H35FN2O3S. The summed E-state index contributed by atoms with van der Waals surface area (Å²) in [4.78, 5) is 28.3. The first-order valence-electron chi connectivity index (χ1n) is 12.1. The zero-order valence-corrected chi connectivity index (χ0v) is 20.9. The van der Waals surface area contributed by atoms with Crippen molar-refractivity contribution in [1.29, 1.82) is 0 Å². The number of methoxy groups -OCH3 is 1. The molecular weight excluding hydrogens is 451 g/mol. The van der Waals surface area contributed by atoms with E-state index in [1.807, 2.05) is 31.2 Å². The molecule has 0 aromatic heterocycles. The number of carbonyl (C=O) groups is 2. The van der Waals surface area contributed by atoms with Crippen LogP contribution in [0.4, 0.5) is 4.39 Å². The Labute approximate surface area is 206 Å². The third-order valence-electron chi connectivity index (χ3n) is 6.27. The quantitative estimate of drug-likeness (QED) is 0.467. The molecule has 34 heavy (non-hydrogen) atoms. The van der Waals surface area contributed by atoms with Crippen molar-refractivity contribution in [2.75, 3.05) is 12.9 Å². The SMILES string of the molecule is CCC(C(=O)NC1CCCCC1)N(Cc1cccc(OC)c1)C(=O)CSCc1ccccc1F. The number of hydrogen-bond acceptors (Lipinski definition) is 4. The van der Waals surface area contributed by atoms with Crippen LogP contribution in [0.5, 0.6) is 5.75 Å². The van der Waals surface area contributed by atoms with E-state index in [1.165, 1.54) is 24.2 Å². The number of rotatable bonds is 11. The molecule has 0 heterocycles. The van der Waals surface area contributed by atoms with E-state index in [2.05, 4.69) is 5.32 Å². The molecule has 0 bridgehead atoms. The Morgan fingerprint density at radius 3 is 2.62 bits per heavy atom. The Morgan fingerprint density at radius 1 is 1.15 bits per heavy atom. The average Bonchev–Trinajstić information content (AvgIpc) is 2.85. The van der Waals surface area contributed by atoms with Gasteiger partial charge in [-0.15, -0.1) is 11.8 Å². The lowest BCUT2D eigenvalue weighted by Crippen LogP contribution is -2.52. The summed E-state index contributed by atoms with van der Waals surface area (Å²) in [6, 6.07) is 13.8. The number of nitrogens with zero attached hydrogens (tertiary/aromatic N) is 1. The molecule has 1 fully saturated rings. The van der Waals surface area contributed by atoms with Crippen LogP contribution in [-0.4, -0.2) is 41.7 Å². The van der Waals surface area contributed by atoms with Gasteiger partial charge in [0.15, 0.2) is 0 Å². The molecule has 184 valence electrons. The number of carbonyl (C=O) groups excluding carboxylic acids is 2. The molecule has 2 amide bonds. The van der Waals surface area contributed by atoms with Gasteiger partial charge in [-0.3, -0.25) is 9.59 Å². The van der Waals surface area contributed by atoms with E-state index in [4.69, 9.17) is 4.74 Å². The molecule has 1 unspecified atom stereocenters. The topological polar surface area (TPSA) is 58.6 Å². The van der Waals surface area contributed by atoms with E-state index < -0.39 is 6.04 Å². The van der Waals surface area contributed by atoms with Gasteiger partial charge in [-0.05, 0) is 48.6 Å². The van der Waals surface area contributed by atoms with E-state index in [1.54, 1.807) is 30.2 Å². The first kappa shape index (κ1) is 26.1. The van der Waals surface area contributed by atoms with E-state index in [0.717, 1.165) is 31.2 Å². The third-order valence-corrected chi connectivity index (χ3v) is 7.23. The highest BCUT2D eigenvalue weighted by molar-refractivity contribution is 7.99. The molecule has 0 aliphatic heterocycles. The van der Waals surface area contributed by atoms with E-state index in [-0.39, 0.29) is 29.4 Å². The van der Waals surface area contributed by atoms with Crippen LogP contribution in [0.3, 0.4) is 0 Å². The van der Waals surface area contributed by atoms with E-state index in [9.17, 15) is 14.0 Å². The number of nitrogens with one attached hydrogen (secondary N) is 1. The van der Waals surface area contributed by atoms with Crippen molar-refractivity contribution in [1.82, 2.24) is 10.2 Å². The lowest BCUT2D eigenvalue weighted by Gasteiger charge is -2.32. The molecule has 3 rings (SSSR count). The highest BCUT2D eigenvalue weighted by Gasteiger charge is 2.30. The van der Waals surface area contributed by atoms with Gasteiger partial charge >= 0.3 is 0 Å². The van der Waals surface area contributed by atoms with Gasteiger partial charge in [-0.2, -0.15) is 0 Å². The third kappa shape index (κ3) is 7.49. The van der Waals surface area contributed by atoms with Crippen molar-refractivity contribution in [3.8, 4) is 5.75 Å². The molecule has 2 aromatic rings. The summed E-state index contributed by atoms with van der Waals surface area (Å²) in [6.45, 7) is 2.25. The predicted octanol–water partition coefficient (Wildman–Crippen LogP) is 5.32. The van der Waals surface area contributed by atoms with Gasteiger partial charge in [-0.1, -0.05) is 56.5 Å². The zero-order chi connectivity index (χ0) is 24.3. The van der Waals surface area contributed by atoms with Crippen LogP contribution in [0.2, 0.25) is 0 Å². The summed E-state index contributed by atoms with van der Waals surface area (Å²) in [7, 11) is 1.61. The fraction of sp³-hybridized carbons (Fsp3) is 0.481. The van der Waals surface area contributed by atoms with E-state index in [0.29, 0.717) is 30.0 Å². The Morgan fingerprint density at radius 2 is 1.91 bits per heavy atom. The average molecular weight is 487 g/mol. The second kappa shape index (κ2) is 13.4. The van der Waals surface area contributed by atoms with Gasteiger partial charge in [-0.25, -0.2) is 4.39 Å². The van der Waals surface area contributed by atoms with Crippen LogP contribution in [0, 0.1) is 5.82 Å². The Kier molecular flexibility index (Phi) is 10.3. The lowest BCUT2D eigenvalue weighted by atomic mass is 9.95. The standard InChI is InChI=1S/C27H35FN2O3S/c1-3-25(27(32)29-22-12-5-4-6-13-22)30(17-20-10-9-14-23(16-20)33-2)26(31)19-34-18-21-11-7-8-15-24(21)28/h7-11,14-16,22,25H,3-6,12-13,17-19H2,1-2H3,(H,29,32). The fourth-order valence-electron chi connectivity index (χ4n) is 4.38. The van der Waals surface area contributed by atoms with Crippen LogP contribution in [0.25, 0.3) is 0 Å². The van der Waals surface area contributed by atoms with Gasteiger partial charge in [0.25, 0.3) is 0 Å². The first-order chi connectivity index (χ1) is 16.5. The van der Waals surface area contributed by atoms with Crippen molar-refractivity contribution in [3.05, 3.63) is 65.5 Å². The Bertz CT molecular complexity index is 949. The number of amides is 2. The largest absolute Gasteiger partial charge is 0.497 e. The summed E-state index contributed by atoms with van der Waals surface area (Å²) in [5.74, 6) is 0.786. The van der Waals surface area contributed by atoms with Gasteiger partial charge in [0.1, 0.15) is 17.6 Å². The number of hydrogen-bond donors (Lipinski definition) is 1. The van der Waals surface area contributed by atoms with Crippen LogP contribution in [-0.2, 0) is 21.9 Å². The normalized spacial score (nSPS) is 14.9. The van der Waals surface area contributed by atoms with Crippen molar-refractivity contribution in [2.24, 2.45) is 0 Å². The molecule has 1 saturated carbocycles. The Balaban J connectivity index is 1.72. The number of ether oxygens (including phenoxy) is 1. The fourth-order valence-corrected chi connectivity index (χ4v) is 5.27. The van der Waals surface area contributed by atoms with Gasteiger partial charge in [0.2, 0.25) is 11.8 Å². The minimum atomic E-state index is -0.560.